The van der Waals surface area contributed by atoms with Gasteiger partial charge in [0.2, 0.25) is 0 Å². The van der Waals surface area contributed by atoms with E-state index in [4.69, 9.17) is 11.6 Å². The van der Waals surface area contributed by atoms with Crippen LogP contribution in [0.25, 0.3) is 0 Å². The summed E-state index contributed by atoms with van der Waals surface area (Å²) in [7, 11) is 0. The van der Waals surface area contributed by atoms with Crippen molar-refractivity contribution in [3.05, 3.63) is 62.9 Å². The summed E-state index contributed by atoms with van der Waals surface area (Å²) in [5, 5.41) is 14.2. The number of anilines is 1. The fraction of sp³-hybridized carbons (Fsp3) is 0.0769. The van der Waals surface area contributed by atoms with Crippen LogP contribution in [-0.4, -0.2) is 15.8 Å². The number of rotatable bonds is 4. The van der Waals surface area contributed by atoms with Crippen molar-refractivity contribution in [2.75, 3.05) is 5.32 Å². The van der Waals surface area contributed by atoms with Gasteiger partial charge in [-0.25, -0.2) is 4.98 Å². The molecule has 1 amide bonds. The number of halogens is 2. The van der Waals surface area contributed by atoms with Crippen molar-refractivity contribution in [2.24, 2.45) is 0 Å². The zero-order chi connectivity index (χ0) is 15.4. The maximum Gasteiger partial charge on any atom is 0.274 e. The lowest BCUT2D eigenvalue weighted by molar-refractivity contribution is -0.385. The van der Waals surface area contributed by atoms with Gasteiger partial charge in [-0.1, -0.05) is 33.6 Å². The van der Waals surface area contributed by atoms with E-state index in [1.54, 1.807) is 12.1 Å². The van der Waals surface area contributed by atoms with Crippen LogP contribution in [0.3, 0.4) is 0 Å². The minimum Gasteiger partial charge on any atom is -0.321 e. The molecule has 0 saturated heterocycles. The molecular weight excluding hydrogens is 362 g/mol. The Hall–Kier alpha value is -1.99. The van der Waals surface area contributed by atoms with Gasteiger partial charge in [0.25, 0.3) is 11.6 Å². The van der Waals surface area contributed by atoms with Crippen LogP contribution in [0.5, 0.6) is 0 Å². The molecule has 108 valence electrons. The fourth-order valence-corrected chi connectivity index (χ4v) is 2.23. The molecule has 0 aliphatic carbocycles. The number of hydrogen-bond acceptors (Lipinski definition) is 4. The van der Waals surface area contributed by atoms with Gasteiger partial charge in [0.15, 0.2) is 0 Å². The van der Waals surface area contributed by atoms with Crippen LogP contribution < -0.4 is 5.32 Å². The molecule has 2 rings (SSSR count). The average Bonchev–Trinajstić information content (AvgIpc) is 2.48. The highest BCUT2D eigenvalue weighted by atomic mass is 79.9. The zero-order valence-electron chi connectivity index (χ0n) is 10.5. The van der Waals surface area contributed by atoms with Crippen molar-refractivity contribution in [1.82, 2.24) is 4.98 Å². The molecule has 1 heterocycles. The Morgan fingerprint density at radius 3 is 2.71 bits per heavy atom. The Labute approximate surface area is 133 Å². The van der Waals surface area contributed by atoms with Crippen molar-refractivity contribution < 1.29 is 9.72 Å². The number of hydrogen-bond donors (Lipinski definition) is 1. The Kier molecular flexibility index (Phi) is 4.87. The molecule has 21 heavy (non-hydrogen) atoms. The van der Waals surface area contributed by atoms with Crippen LogP contribution in [0, 0.1) is 10.1 Å². The van der Waals surface area contributed by atoms with E-state index < -0.39 is 10.8 Å². The van der Waals surface area contributed by atoms with Gasteiger partial charge in [0.05, 0.1) is 16.8 Å². The van der Waals surface area contributed by atoms with Crippen molar-refractivity contribution in [1.29, 1.82) is 0 Å². The van der Waals surface area contributed by atoms with E-state index in [9.17, 15) is 14.9 Å². The molecule has 0 spiro atoms. The van der Waals surface area contributed by atoms with Gasteiger partial charge in [-0.15, -0.1) is 0 Å². The van der Waals surface area contributed by atoms with Crippen molar-refractivity contribution in [2.45, 2.75) is 5.33 Å². The molecule has 0 atom stereocenters. The smallest absolute Gasteiger partial charge is 0.274 e. The summed E-state index contributed by atoms with van der Waals surface area (Å²) in [5.41, 5.74) is 1.05. The summed E-state index contributed by atoms with van der Waals surface area (Å²) in [6.45, 7) is 0. The number of amides is 1. The average molecular weight is 371 g/mol. The standard InChI is InChI=1S/C13H9BrClN3O3/c14-6-9-2-1-8(5-11(9)18(20)21)13(19)17-10-3-4-12(15)16-7-10/h1-5,7H,6H2,(H,17,19). The fourth-order valence-electron chi connectivity index (χ4n) is 1.64. The maximum absolute atomic E-state index is 12.1. The maximum atomic E-state index is 12.1. The second-order valence-corrected chi connectivity index (χ2v) is 5.01. The quantitative estimate of drug-likeness (QED) is 0.384. The first-order chi connectivity index (χ1) is 10.0. The van der Waals surface area contributed by atoms with Gasteiger partial charge in [-0.2, -0.15) is 0 Å². The second kappa shape index (κ2) is 6.64. The third kappa shape index (κ3) is 3.77. The summed E-state index contributed by atoms with van der Waals surface area (Å²) in [4.78, 5) is 26.4. The van der Waals surface area contributed by atoms with E-state index in [1.165, 1.54) is 24.4 Å². The molecule has 1 aromatic carbocycles. The van der Waals surface area contributed by atoms with Crippen molar-refractivity contribution in [3.63, 3.8) is 0 Å². The number of nitro benzene ring substituents is 1. The molecule has 0 fully saturated rings. The van der Waals surface area contributed by atoms with E-state index in [0.29, 0.717) is 21.7 Å². The van der Waals surface area contributed by atoms with E-state index in [1.807, 2.05) is 0 Å². The molecule has 0 unspecified atom stereocenters. The van der Waals surface area contributed by atoms with E-state index >= 15 is 0 Å². The number of carbonyl (C=O) groups is 1. The monoisotopic (exact) mass is 369 g/mol. The topological polar surface area (TPSA) is 85.1 Å². The van der Waals surface area contributed by atoms with Crippen LogP contribution in [0.15, 0.2) is 36.5 Å². The highest BCUT2D eigenvalue weighted by Gasteiger charge is 2.16. The molecular formula is C13H9BrClN3O3. The molecule has 0 radical (unpaired) electrons. The van der Waals surface area contributed by atoms with Gasteiger partial charge in [0.1, 0.15) is 5.15 Å². The van der Waals surface area contributed by atoms with Crippen molar-refractivity contribution in [3.8, 4) is 0 Å². The number of nitro groups is 1. The number of aromatic nitrogens is 1. The summed E-state index contributed by atoms with van der Waals surface area (Å²) < 4.78 is 0. The molecule has 8 heteroatoms. The lowest BCUT2D eigenvalue weighted by atomic mass is 10.1. The Balaban J connectivity index is 2.25. The van der Waals surface area contributed by atoms with Gasteiger partial charge in [0, 0.05) is 22.5 Å². The normalized spacial score (nSPS) is 10.2. The number of carbonyl (C=O) groups excluding carboxylic acids is 1. The summed E-state index contributed by atoms with van der Waals surface area (Å²) in [6.07, 6.45) is 1.40. The molecule has 0 bridgehead atoms. The Morgan fingerprint density at radius 2 is 2.14 bits per heavy atom. The van der Waals surface area contributed by atoms with Gasteiger partial charge >= 0.3 is 0 Å². The van der Waals surface area contributed by atoms with E-state index in [0.717, 1.165) is 0 Å². The number of pyridine rings is 1. The summed E-state index contributed by atoms with van der Waals surface area (Å²) >= 11 is 8.82. The molecule has 6 nitrogen and oxygen atoms in total. The Bertz CT molecular complexity index is 692. The van der Waals surface area contributed by atoms with Crippen LogP contribution in [0.1, 0.15) is 15.9 Å². The molecule has 0 saturated carbocycles. The van der Waals surface area contributed by atoms with Crippen LogP contribution >= 0.6 is 27.5 Å². The number of alkyl halides is 1. The highest BCUT2D eigenvalue weighted by molar-refractivity contribution is 9.08. The lowest BCUT2D eigenvalue weighted by Gasteiger charge is -2.06. The number of benzene rings is 1. The minimum atomic E-state index is -0.517. The SMILES string of the molecule is O=C(Nc1ccc(Cl)nc1)c1ccc(CBr)c([N+](=O)[O-])c1. The third-order valence-corrected chi connectivity index (χ3v) is 3.50. The molecule has 1 N–H and O–H groups in total. The lowest BCUT2D eigenvalue weighted by Crippen LogP contribution is -2.12. The summed E-state index contributed by atoms with van der Waals surface area (Å²) in [5.74, 6) is -0.455. The molecule has 0 aliphatic rings. The van der Waals surface area contributed by atoms with E-state index in [2.05, 4.69) is 26.2 Å². The Morgan fingerprint density at radius 1 is 1.38 bits per heavy atom. The number of nitrogens with one attached hydrogen (secondary N) is 1. The number of nitrogens with zero attached hydrogens (tertiary/aromatic N) is 2. The largest absolute Gasteiger partial charge is 0.321 e. The van der Waals surface area contributed by atoms with Gasteiger partial charge in [-0.05, 0) is 18.2 Å². The highest BCUT2D eigenvalue weighted by Crippen LogP contribution is 2.23. The first-order valence-corrected chi connectivity index (χ1v) is 7.27. The van der Waals surface area contributed by atoms with Crippen LogP contribution in [-0.2, 0) is 5.33 Å². The van der Waals surface area contributed by atoms with Crippen LogP contribution in [0.4, 0.5) is 11.4 Å². The first kappa shape index (κ1) is 15.4. The summed E-state index contributed by atoms with van der Waals surface area (Å²) in [6, 6.07) is 7.45. The third-order valence-electron chi connectivity index (χ3n) is 2.67. The van der Waals surface area contributed by atoms with Crippen molar-refractivity contribution >= 4 is 44.8 Å². The zero-order valence-corrected chi connectivity index (χ0v) is 12.9. The van der Waals surface area contributed by atoms with Gasteiger partial charge < -0.3 is 5.32 Å². The second-order valence-electron chi connectivity index (χ2n) is 4.06. The molecule has 0 aliphatic heterocycles. The predicted octanol–water partition coefficient (Wildman–Crippen LogP) is 3.79. The van der Waals surface area contributed by atoms with Crippen LogP contribution in [0.2, 0.25) is 5.15 Å². The first-order valence-electron chi connectivity index (χ1n) is 5.77. The van der Waals surface area contributed by atoms with Gasteiger partial charge in [-0.3, -0.25) is 14.9 Å². The van der Waals surface area contributed by atoms with E-state index in [-0.39, 0.29) is 11.3 Å². The molecule has 2 aromatic rings. The predicted molar refractivity (Wildman–Crippen MR) is 82.9 cm³/mol. The minimum absolute atomic E-state index is 0.103. The molecule has 1 aromatic heterocycles.